The van der Waals surface area contributed by atoms with E-state index in [2.05, 4.69) is 41.1 Å². The highest BCUT2D eigenvalue weighted by atomic mass is 16.2. The molecule has 1 fully saturated rings. The van der Waals surface area contributed by atoms with Crippen molar-refractivity contribution in [1.29, 1.82) is 0 Å². The van der Waals surface area contributed by atoms with E-state index in [9.17, 15) is 4.79 Å². The number of rotatable bonds is 4. The summed E-state index contributed by atoms with van der Waals surface area (Å²) in [5.74, 6) is 0.836. The first-order chi connectivity index (χ1) is 14.2. The molecule has 6 heteroatoms. The van der Waals surface area contributed by atoms with Gasteiger partial charge in [-0.2, -0.15) is 5.10 Å². The second-order valence-corrected chi connectivity index (χ2v) is 8.45. The van der Waals surface area contributed by atoms with E-state index in [1.165, 1.54) is 25.7 Å². The van der Waals surface area contributed by atoms with Crippen LogP contribution in [-0.2, 0) is 31.5 Å². The predicted molar refractivity (Wildman–Crippen MR) is 111 cm³/mol. The Morgan fingerprint density at radius 3 is 2.86 bits per heavy atom. The van der Waals surface area contributed by atoms with Crippen LogP contribution in [0.3, 0.4) is 0 Å². The Hall–Kier alpha value is -2.89. The molecule has 3 aromatic heterocycles. The zero-order valence-corrected chi connectivity index (χ0v) is 16.9. The van der Waals surface area contributed by atoms with Crippen molar-refractivity contribution in [2.75, 3.05) is 0 Å². The molecule has 5 rings (SSSR count). The van der Waals surface area contributed by atoms with Crippen LogP contribution < -0.4 is 0 Å². The highest BCUT2D eigenvalue weighted by Crippen LogP contribution is 2.34. The minimum absolute atomic E-state index is 0.275. The van der Waals surface area contributed by atoms with E-state index in [-0.39, 0.29) is 5.91 Å². The number of carbonyl (C=O) groups excluding carboxylic acids is 1. The van der Waals surface area contributed by atoms with Gasteiger partial charge in [0.05, 0.1) is 18.8 Å². The van der Waals surface area contributed by atoms with Crippen molar-refractivity contribution in [2.45, 2.75) is 51.7 Å². The van der Waals surface area contributed by atoms with E-state index in [0.717, 1.165) is 28.1 Å². The van der Waals surface area contributed by atoms with E-state index < -0.39 is 0 Å². The van der Waals surface area contributed by atoms with Crippen molar-refractivity contribution in [1.82, 2.24) is 24.2 Å². The molecule has 0 bridgehead atoms. The SMILES string of the molecule is Cn1ccc2c1CN(C(=O)CC1CCCC1)Cc1cn(Cc3cccnc3)nc1-2. The second kappa shape index (κ2) is 7.50. The summed E-state index contributed by atoms with van der Waals surface area (Å²) >= 11 is 0. The Morgan fingerprint density at radius 2 is 2.07 bits per heavy atom. The van der Waals surface area contributed by atoms with Crippen molar-refractivity contribution >= 4 is 5.91 Å². The standard InChI is InChI=1S/C23H27N5O/c1-26-10-8-20-21(26)16-27(22(29)11-17-5-2-3-6-17)14-19-15-28(25-23(19)20)13-18-7-4-9-24-12-18/h4,7-10,12,15,17H,2-3,5-6,11,13-14,16H2,1H3. The van der Waals surface area contributed by atoms with Crippen molar-refractivity contribution in [2.24, 2.45) is 13.0 Å². The fourth-order valence-electron chi connectivity index (χ4n) is 4.75. The quantitative estimate of drug-likeness (QED) is 0.683. The van der Waals surface area contributed by atoms with E-state index in [1.54, 1.807) is 6.20 Å². The van der Waals surface area contributed by atoms with Crippen LogP contribution in [0.5, 0.6) is 0 Å². The number of fused-ring (bicyclic) bond motifs is 3. The van der Waals surface area contributed by atoms with Gasteiger partial charge in [-0.1, -0.05) is 18.9 Å². The molecule has 3 aromatic rings. The maximum Gasteiger partial charge on any atom is 0.223 e. The maximum absolute atomic E-state index is 13.1. The predicted octanol–water partition coefficient (Wildman–Crippen LogP) is 3.75. The smallest absolute Gasteiger partial charge is 0.223 e. The molecular weight excluding hydrogens is 362 g/mol. The Kier molecular flexibility index (Phi) is 4.70. The molecule has 0 atom stereocenters. The molecule has 150 valence electrons. The third kappa shape index (κ3) is 3.59. The van der Waals surface area contributed by atoms with Crippen LogP contribution in [0.25, 0.3) is 11.3 Å². The van der Waals surface area contributed by atoms with Crippen molar-refractivity contribution in [3.05, 3.63) is 59.8 Å². The first kappa shape index (κ1) is 18.2. The minimum atomic E-state index is 0.275. The largest absolute Gasteiger partial charge is 0.352 e. The molecule has 0 radical (unpaired) electrons. The molecule has 1 saturated carbocycles. The highest BCUT2D eigenvalue weighted by molar-refractivity contribution is 5.78. The Balaban J connectivity index is 1.45. The van der Waals surface area contributed by atoms with Crippen LogP contribution in [0.15, 0.2) is 43.0 Å². The zero-order chi connectivity index (χ0) is 19.8. The van der Waals surface area contributed by atoms with Crippen molar-refractivity contribution in [3.8, 4) is 11.3 Å². The molecule has 4 heterocycles. The number of carbonyl (C=O) groups is 1. The average molecular weight is 390 g/mol. The Labute approximate surface area is 171 Å². The van der Waals surface area contributed by atoms with E-state index >= 15 is 0 Å². The number of aromatic nitrogens is 4. The highest BCUT2D eigenvalue weighted by Gasteiger charge is 2.29. The van der Waals surface area contributed by atoms with Gasteiger partial charge in [-0.25, -0.2) is 0 Å². The van der Waals surface area contributed by atoms with Gasteiger partial charge in [-0.15, -0.1) is 0 Å². The lowest BCUT2D eigenvalue weighted by Gasteiger charge is -2.23. The lowest BCUT2D eigenvalue weighted by atomic mass is 10.0. The van der Waals surface area contributed by atoms with Gasteiger partial charge in [0, 0.05) is 61.6 Å². The Bertz CT molecular complexity index is 1010. The lowest BCUT2D eigenvalue weighted by Crippen LogP contribution is -2.31. The van der Waals surface area contributed by atoms with Crippen molar-refractivity contribution < 1.29 is 4.79 Å². The fraction of sp³-hybridized carbons (Fsp3) is 0.435. The minimum Gasteiger partial charge on any atom is -0.352 e. The molecule has 0 unspecified atom stereocenters. The van der Waals surface area contributed by atoms with Crippen LogP contribution >= 0.6 is 0 Å². The van der Waals surface area contributed by atoms with Gasteiger partial charge in [0.15, 0.2) is 0 Å². The topological polar surface area (TPSA) is 56.0 Å². The maximum atomic E-state index is 13.1. The van der Waals surface area contributed by atoms with Gasteiger partial charge in [0.25, 0.3) is 0 Å². The molecule has 0 aromatic carbocycles. The normalized spacial score (nSPS) is 16.5. The second-order valence-electron chi connectivity index (χ2n) is 8.45. The monoisotopic (exact) mass is 389 g/mol. The molecule has 0 saturated heterocycles. The summed E-state index contributed by atoms with van der Waals surface area (Å²) in [5, 5.41) is 4.90. The Morgan fingerprint density at radius 1 is 1.21 bits per heavy atom. The third-order valence-electron chi connectivity index (χ3n) is 6.35. The van der Waals surface area contributed by atoms with Crippen LogP contribution in [0.1, 0.15) is 48.9 Å². The number of nitrogens with zero attached hydrogens (tertiary/aromatic N) is 5. The molecule has 2 aliphatic rings. The van der Waals surface area contributed by atoms with Gasteiger partial charge >= 0.3 is 0 Å². The van der Waals surface area contributed by atoms with Crippen LogP contribution in [0.4, 0.5) is 0 Å². The summed E-state index contributed by atoms with van der Waals surface area (Å²) in [7, 11) is 2.05. The zero-order valence-electron chi connectivity index (χ0n) is 16.9. The average Bonchev–Trinajstić information content (AvgIpc) is 3.42. The molecule has 1 aliphatic carbocycles. The number of pyridine rings is 1. The summed E-state index contributed by atoms with van der Waals surface area (Å²) < 4.78 is 4.10. The summed E-state index contributed by atoms with van der Waals surface area (Å²) in [6.07, 6.45) is 13.4. The van der Waals surface area contributed by atoms with E-state index in [0.29, 0.717) is 32.0 Å². The third-order valence-corrected chi connectivity index (χ3v) is 6.35. The van der Waals surface area contributed by atoms with E-state index in [4.69, 9.17) is 5.10 Å². The van der Waals surface area contributed by atoms with Crippen molar-refractivity contribution in [3.63, 3.8) is 0 Å². The summed E-state index contributed by atoms with van der Waals surface area (Å²) in [5.41, 5.74) is 5.55. The van der Waals surface area contributed by atoms with Gasteiger partial charge < -0.3 is 9.47 Å². The molecule has 29 heavy (non-hydrogen) atoms. The van der Waals surface area contributed by atoms with Crippen LogP contribution in [0.2, 0.25) is 0 Å². The van der Waals surface area contributed by atoms with E-state index in [1.807, 2.05) is 21.8 Å². The molecule has 1 aliphatic heterocycles. The lowest BCUT2D eigenvalue weighted by molar-refractivity contribution is -0.133. The fourth-order valence-corrected chi connectivity index (χ4v) is 4.75. The molecule has 1 amide bonds. The summed E-state index contributed by atoms with van der Waals surface area (Å²) in [6, 6.07) is 6.13. The molecular formula is C23H27N5O. The number of hydrogen-bond donors (Lipinski definition) is 0. The van der Waals surface area contributed by atoms with Gasteiger partial charge in [-0.05, 0) is 36.5 Å². The number of aryl methyl sites for hydroxylation is 1. The first-order valence-electron chi connectivity index (χ1n) is 10.5. The van der Waals surface area contributed by atoms with Gasteiger partial charge in [-0.3, -0.25) is 14.5 Å². The number of amides is 1. The number of hydrogen-bond acceptors (Lipinski definition) is 3. The van der Waals surface area contributed by atoms with Crippen LogP contribution in [0, 0.1) is 5.92 Å². The molecule has 0 spiro atoms. The van der Waals surface area contributed by atoms with Gasteiger partial charge in [0.2, 0.25) is 5.91 Å². The molecule has 6 nitrogen and oxygen atoms in total. The first-order valence-corrected chi connectivity index (χ1v) is 10.5. The van der Waals surface area contributed by atoms with Crippen LogP contribution in [-0.4, -0.2) is 30.1 Å². The summed E-state index contributed by atoms with van der Waals surface area (Å²) in [6.45, 7) is 1.96. The molecule has 0 N–H and O–H groups in total. The van der Waals surface area contributed by atoms with Gasteiger partial charge in [0.1, 0.15) is 0 Å². The summed E-state index contributed by atoms with van der Waals surface area (Å²) in [4.78, 5) is 19.4.